The van der Waals surface area contributed by atoms with E-state index in [4.69, 9.17) is 4.74 Å². The Morgan fingerprint density at radius 3 is 3.21 bits per heavy atom. The molecule has 1 aliphatic heterocycles. The van der Waals surface area contributed by atoms with E-state index in [0.717, 1.165) is 23.5 Å². The maximum absolute atomic E-state index is 11.8. The Morgan fingerprint density at radius 1 is 1.47 bits per heavy atom. The molecule has 3 heterocycles. The van der Waals surface area contributed by atoms with Crippen LogP contribution in [0.3, 0.4) is 0 Å². The van der Waals surface area contributed by atoms with Crippen LogP contribution in [0.25, 0.3) is 0 Å². The summed E-state index contributed by atoms with van der Waals surface area (Å²) < 4.78 is 7.23. The van der Waals surface area contributed by atoms with Gasteiger partial charge in [-0.05, 0) is 30.7 Å². The molecule has 0 saturated heterocycles. The maximum Gasteiger partial charge on any atom is 0.306 e. The summed E-state index contributed by atoms with van der Waals surface area (Å²) in [5.74, 6) is -0.108. The molecule has 0 radical (unpaired) electrons. The Balaban J connectivity index is 1.97. The Hall–Kier alpha value is -2.10. The lowest BCUT2D eigenvalue weighted by atomic mass is 9.88. The van der Waals surface area contributed by atoms with Crippen LogP contribution >= 0.6 is 0 Å². The highest BCUT2D eigenvalue weighted by atomic mass is 16.5. The zero-order valence-corrected chi connectivity index (χ0v) is 10.9. The van der Waals surface area contributed by atoms with Gasteiger partial charge < -0.3 is 9.30 Å². The van der Waals surface area contributed by atoms with Crippen LogP contribution < -0.4 is 0 Å². The van der Waals surface area contributed by atoms with Gasteiger partial charge >= 0.3 is 5.97 Å². The normalized spacial score (nSPS) is 16.6. The predicted molar refractivity (Wildman–Crippen MR) is 70.9 cm³/mol. The molecule has 4 nitrogen and oxygen atoms in total. The van der Waals surface area contributed by atoms with Crippen LogP contribution in [0, 0.1) is 0 Å². The maximum atomic E-state index is 11.8. The molecule has 0 N–H and O–H groups in total. The number of ether oxygens (including phenoxy) is 1. The molecule has 0 saturated carbocycles. The van der Waals surface area contributed by atoms with Crippen molar-refractivity contribution < 1.29 is 9.53 Å². The van der Waals surface area contributed by atoms with Gasteiger partial charge in [0.15, 0.2) is 0 Å². The van der Waals surface area contributed by atoms with Crippen molar-refractivity contribution in [3.63, 3.8) is 0 Å². The van der Waals surface area contributed by atoms with Crippen LogP contribution in [0.1, 0.15) is 36.2 Å². The number of nitrogens with zero attached hydrogens (tertiary/aromatic N) is 2. The summed E-state index contributed by atoms with van der Waals surface area (Å²) in [7, 11) is 0. The van der Waals surface area contributed by atoms with Gasteiger partial charge in [0.2, 0.25) is 0 Å². The van der Waals surface area contributed by atoms with Gasteiger partial charge in [-0.1, -0.05) is 6.07 Å². The first kappa shape index (κ1) is 12.0. The summed E-state index contributed by atoms with van der Waals surface area (Å²) >= 11 is 0. The second-order valence-electron chi connectivity index (χ2n) is 4.66. The van der Waals surface area contributed by atoms with Gasteiger partial charge in [-0.3, -0.25) is 9.78 Å². The zero-order chi connectivity index (χ0) is 13.2. The Labute approximate surface area is 112 Å². The molecule has 0 amide bonds. The molecular formula is C15H16N2O2. The molecule has 19 heavy (non-hydrogen) atoms. The topological polar surface area (TPSA) is 44.1 Å². The molecule has 0 aliphatic carbocycles. The average Bonchev–Trinajstić information content (AvgIpc) is 2.87. The minimum atomic E-state index is -0.156. The standard InChI is InChI=1S/C15H16N2O2/c1-2-19-15(18)9-12-11-5-3-7-16-13(11)10-17-8-4-6-14(12)17/h3-8,12H,2,9-10H2,1H3. The van der Waals surface area contributed by atoms with E-state index in [1.54, 1.807) is 6.20 Å². The SMILES string of the molecule is CCOC(=O)CC1c2cccnc2Cn2cccc21. The smallest absolute Gasteiger partial charge is 0.306 e. The first-order chi connectivity index (χ1) is 9.29. The summed E-state index contributed by atoms with van der Waals surface area (Å²) in [6.45, 7) is 3.03. The van der Waals surface area contributed by atoms with Crippen LogP contribution in [0.15, 0.2) is 36.7 Å². The molecule has 0 fully saturated rings. The van der Waals surface area contributed by atoms with Crippen LogP contribution in [-0.4, -0.2) is 22.1 Å². The van der Waals surface area contributed by atoms with Gasteiger partial charge in [-0.2, -0.15) is 0 Å². The molecule has 1 atom stereocenters. The highest BCUT2D eigenvalue weighted by molar-refractivity contribution is 5.71. The summed E-state index contributed by atoms with van der Waals surface area (Å²) in [5.41, 5.74) is 3.34. The van der Waals surface area contributed by atoms with E-state index in [1.807, 2.05) is 25.3 Å². The largest absolute Gasteiger partial charge is 0.466 e. The van der Waals surface area contributed by atoms with Crippen molar-refractivity contribution in [2.24, 2.45) is 0 Å². The molecule has 3 rings (SSSR count). The number of aromatic nitrogens is 2. The number of hydrogen-bond acceptors (Lipinski definition) is 3. The first-order valence-corrected chi connectivity index (χ1v) is 6.54. The number of pyridine rings is 1. The summed E-state index contributed by atoms with van der Waals surface area (Å²) in [5, 5.41) is 0. The van der Waals surface area contributed by atoms with Gasteiger partial charge in [-0.15, -0.1) is 0 Å². The highest BCUT2D eigenvalue weighted by Gasteiger charge is 2.28. The number of fused-ring (bicyclic) bond motifs is 2. The Kier molecular flexibility index (Phi) is 3.07. The summed E-state index contributed by atoms with van der Waals surface area (Å²) in [4.78, 5) is 16.2. The number of rotatable bonds is 3. The van der Waals surface area contributed by atoms with Crippen LogP contribution in [0.2, 0.25) is 0 Å². The van der Waals surface area contributed by atoms with Gasteiger partial charge in [0, 0.05) is 24.0 Å². The molecule has 0 aromatic carbocycles. The van der Waals surface area contributed by atoms with Crippen molar-refractivity contribution >= 4 is 5.97 Å². The lowest BCUT2D eigenvalue weighted by Crippen LogP contribution is -2.22. The quantitative estimate of drug-likeness (QED) is 0.792. The Morgan fingerprint density at radius 2 is 2.37 bits per heavy atom. The van der Waals surface area contributed by atoms with Crippen molar-refractivity contribution in [1.82, 2.24) is 9.55 Å². The van der Waals surface area contributed by atoms with E-state index >= 15 is 0 Å². The fourth-order valence-electron chi connectivity index (χ4n) is 2.71. The lowest BCUT2D eigenvalue weighted by molar-refractivity contribution is -0.143. The van der Waals surface area contributed by atoms with Gasteiger partial charge in [-0.25, -0.2) is 0 Å². The van der Waals surface area contributed by atoms with Crippen molar-refractivity contribution in [3.8, 4) is 0 Å². The van der Waals surface area contributed by atoms with E-state index in [0.29, 0.717) is 13.0 Å². The average molecular weight is 256 g/mol. The fraction of sp³-hybridized carbons (Fsp3) is 0.333. The third kappa shape index (κ3) is 2.14. The molecule has 0 spiro atoms. The van der Waals surface area contributed by atoms with Crippen molar-refractivity contribution in [2.45, 2.75) is 25.8 Å². The minimum absolute atomic E-state index is 0.0477. The fourth-order valence-corrected chi connectivity index (χ4v) is 2.71. The van der Waals surface area contributed by atoms with Crippen LogP contribution in [0.4, 0.5) is 0 Å². The summed E-state index contributed by atoms with van der Waals surface area (Å²) in [6, 6.07) is 8.07. The number of carbonyl (C=O) groups excluding carboxylic acids is 1. The van der Waals surface area contributed by atoms with Crippen molar-refractivity contribution in [1.29, 1.82) is 0 Å². The molecule has 1 aliphatic rings. The van der Waals surface area contributed by atoms with E-state index in [-0.39, 0.29) is 11.9 Å². The van der Waals surface area contributed by atoms with E-state index < -0.39 is 0 Å². The van der Waals surface area contributed by atoms with Crippen LogP contribution in [0.5, 0.6) is 0 Å². The van der Waals surface area contributed by atoms with Gasteiger partial charge in [0.05, 0.1) is 25.3 Å². The molecule has 0 bridgehead atoms. The van der Waals surface area contributed by atoms with E-state index in [9.17, 15) is 4.79 Å². The number of hydrogen-bond donors (Lipinski definition) is 0. The molecule has 98 valence electrons. The highest BCUT2D eigenvalue weighted by Crippen LogP contribution is 2.34. The lowest BCUT2D eigenvalue weighted by Gasteiger charge is -2.26. The molecule has 2 aromatic rings. The van der Waals surface area contributed by atoms with E-state index in [2.05, 4.69) is 21.7 Å². The third-order valence-electron chi connectivity index (χ3n) is 3.52. The number of esters is 1. The molecular weight excluding hydrogens is 240 g/mol. The monoisotopic (exact) mass is 256 g/mol. The zero-order valence-electron chi connectivity index (χ0n) is 10.9. The van der Waals surface area contributed by atoms with Gasteiger partial charge in [0.25, 0.3) is 0 Å². The second kappa shape index (κ2) is 4.88. The second-order valence-corrected chi connectivity index (χ2v) is 4.66. The summed E-state index contributed by atoms with van der Waals surface area (Å²) in [6.07, 6.45) is 4.20. The van der Waals surface area contributed by atoms with Crippen molar-refractivity contribution in [2.75, 3.05) is 6.61 Å². The van der Waals surface area contributed by atoms with E-state index in [1.165, 1.54) is 0 Å². The van der Waals surface area contributed by atoms with Crippen molar-refractivity contribution in [3.05, 3.63) is 53.6 Å². The predicted octanol–water partition coefficient (Wildman–Crippen LogP) is 2.33. The van der Waals surface area contributed by atoms with Gasteiger partial charge in [0.1, 0.15) is 0 Å². The molecule has 1 unspecified atom stereocenters. The molecule has 2 aromatic heterocycles. The Bertz CT molecular complexity index is 604. The minimum Gasteiger partial charge on any atom is -0.466 e. The van der Waals surface area contributed by atoms with Crippen LogP contribution in [-0.2, 0) is 16.1 Å². The molecule has 4 heteroatoms. The number of carbonyl (C=O) groups is 1. The first-order valence-electron chi connectivity index (χ1n) is 6.54. The third-order valence-corrected chi connectivity index (χ3v) is 3.52.